The quantitative estimate of drug-likeness (QED) is 0.373. The first kappa shape index (κ1) is 18.0. The summed E-state index contributed by atoms with van der Waals surface area (Å²) in [5, 5.41) is 2.85. The van der Waals surface area contributed by atoms with Crippen LogP contribution in [0.3, 0.4) is 0 Å². The van der Waals surface area contributed by atoms with Crippen LogP contribution in [0.5, 0.6) is 0 Å². The van der Waals surface area contributed by atoms with Crippen molar-refractivity contribution in [3.8, 4) is 27.0 Å². The maximum atomic E-state index is 13.7. The van der Waals surface area contributed by atoms with E-state index in [-0.39, 0.29) is 5.56 Å². The molecule has 2 aromatic carbocycles. The average molecular weight is 416 g/mol. The van der Waals surface area contributed by atoms with Crippen LogP contribution in [0.4, 0.5) is 0 Å². The summed E-state index contributed by atoms with van der Waals surface area (Å²) >= 11 is 3.03. The number of benzene rings is 2. The van der Waals surface area contributed by atoms with Gasteiger partial charge in [0.15, 0.2) is 5.65 Å². The highest BCUT2D eigenvalue weighted by atomic mass is 32.1. The fraction of sp³-hybridized carbons (Fsp3) is 0.0870. The lowest BCUT2D eigenvalue weighted by Gasteiger charge is -2.15. The third-order valence-electron chi connectivity index (χ3n) is 4.81. The van der Waals surface area contributed by atoms with Crippen LogP contribution in [0.1, 0.15) is 12.5 Å². The summed E-state index contributed by atoms with van der Waals surface area (Å²) in [4.78, 5) is 24.3. The first-order chi connectivity index (χ1) is 14.3. The largest absolute Gasteiger partial charge is 0.278 e. The van der Waals surface area contributed by atoms with Crippen LogP contribution in [0.15, 0.2) is 76.9 Å². The predicted molar refractivity (Wildman–Crippen MR) is 121 cm³/mol. The molecular weight excluding hydrogens is 398 g/mol. The van der Waals surface area contributed by atoms with Crippen molar-refractivity contribution in [3.05, 3.63) is 88.0 Å². The minimum atomic E-state index is -0.0740. The zero-order valence-corrected chi connectivity index (χ0v) is 17.3. The molecule has 0 fully saturated rings. The van der Waals surface area contributed by atoms with E-state index >= 15 is 0 Å². The van der Waals surface area contributed by atoms with Gasteiger partial charge in [-0.1, -0.05) is 61.5 Å². The van der Waals surface area contributed by atoms with Crippen molar-refractivity contribution >= 4 is 33.0 Å². The van der Waals surface area contributed by atoms with Crippen molar-refractivity contribution in [2.45, 2.75) is 13.3 Å². The van der Waals surface area contributed by atoms with Crippen LogP contribution in [0.2, 0.25) is 0 Å². The topological polar surface area (TPSA) is 47.8 Å². The first-order valence-electron chi connectivity index (χ1n) is 9.37. The van der Waals surface area contributed by atoms with Crippen molar-refractivity contribution in [2.24, 2.45) is 0 Å². The molecule has 6 heteroatoms. The summed E-state index contributed by atoms with van der Waals surface area (Å²) in [7, 11) is 0. The minimum Gasteiger partial charge on any atom is -0.267 e. The number of rotatable bonds is 4. The van der Waals surface area contributed by atoms with Gasteiger partial charge in [0, 0.05) is 5.56 Å². The van der Waals surface area contributed by atoms with E-state index in [9.17, 15) is 4.79 Å². The molecule has 3 heterocycles. The molecule has 0 aliphatic carbocycles. The Hall–Kier alpha value is -3.09. The number of aromatic nitrogens is 3. The zero-order chi connectivity index (χ0) is 19.8. The minimum absolute atomic E-state index is 0.0740. The van der Waals surface area contributed by atoms with Crippen molar-refractivity contribution in [2.75, 3.05) is 0 Å². The number of hydrogen-bond donors (Lipinski definition) is 0. The van der Waals surface area contributed by atoms with E-state index in [2.05, 4.69) is 18.0 Å². The molecule has 0 amide bonds. The number of thiophene rings is 1. The molecule has 142 valence electrons. The van der Waals surface area contributed by atoms with Crippen LogP contribution < -0.4 is 5.56 Å². The van der Waals surface area contributed by atoms with Gasteiger partial charge in [0.1, 0.15) is 15.5 Å². The molecule has 0 aliphatic heterocycles. The lowest BCUT2D eigenvalue weighted by Crippen LogP contribution is -2.22. The van der Waals surface area contributed by atoms with Gasteiger partial charge < -0.3 is 0 Å². The van der Waals surface area contributed by atoms with Crippen LogP contribution >= 0.6 is 22.7 Å². The SMILES string of the molecule is CCc1ccccc1-n1c(-c2ccccc2)nc2nc(-c3cccs3)sc2c1=O. The fourth-order valence-electron chi connectivity index (χ4n) is 3.41. The summed E-state index contributed by atoms with van der Waals surface area (Å²) in [5.74, 6) is 0.618. The van der Waals surface area contributed by atoms with E-state index in [1.54, 1.807) is 15.9 Å². The summed E-state index contributed by atoms with van der Waals surface area (Å²) in [5.41, 5.74) is 3.31. The predicted octanol–water partition coefficient (Wildman–Crippen LogP) is 5.80. The van der Waals surface area contributed by atoms with Crippen molar-refractivity contribution < 1.29 is 0 Å². The van der Waals surface area contributed by atoms with Gasteiger partial charge in [0.2, 0.25) is 0 Å². The zero-order valence-electron chi connectivity index (χ0n) is 15.7. The Morgan fingerprint density at radius 3 is 2.48 bits per heavy atom. The highest BCUT2D eigenvalue weighted by Crippen LogP contribution is 2.32. The van der Waals surface area contributed by atoms with Crippen molar-refractivity contribution in [1.82, 2.24) is 14.5 Å². The number of nitrogens with zero attached hydrogens (tertiary/aromatic N) is 3. The van der Waals surface area contributed by atoms with Gasteiger partial charge in [-0.15, -0.1) is 22.7 Å². The molecule has 0 unspecified atom stereocenters. The smallest absolute Gasteiger partial charge is 0.267 e. The van der Waals surface area contributed by atoms with E-state index < -0.39 is 0 Å². The van der Waals surface area contributed by atoms with Crippen LogP contribution in [-0.4, -0.2) is 14.5 Å². The third-order valence-corrected chi connectivity index (χ3v) is 6.88. The number of hydrogen-bond acceptors (Lipinski definition) is 5. The maximum Gasteiger partial charge on any atom is 0.278 e. The summed E-state index contributed by atoms with van der Waals surface area (Å²) in [6.45, 7) is 2.10. The molecule has 29 heavy (non-hydrogen) atoms. The maximum absolute atomic E-state index is 13.7. The molecule has 0 spiro atoms. The summed E-state index contributed by atoms with van der Waals surface area (Å²) < 4.78 is 2.33. The molecule has 3 aromatic heterocycles. The molecule has 0 bridgehead atoms. The second kappa shape index (κ2) is 7.39. The van der Waals surface area contributed by atoms with Gasteiger partial charge in [0.25, 0.3) is 5.56 Å². The Morgan fingerprint density at radius 2 is 1.72 bits per heavy atom. The molecule has 0 atom stereocenters. The lowest BCUT2D eigenvalue weighted by molar-refractivity contribution is 0.946. The highest BCUT2D eigenvalue weighted by molar-refractivity contribution is 7.25. The molecule has 0 N–H and O–H groups in total. The Morgan fingerprint density at radius 1 is 0.931 bits per heavy atom. The summed E-state index contributed by atoms with van der Waals surface area (Å²) in [6.07, 6.45) is 0.831. The van der Waals surface area contributed by atoms with Crippen LogP contribution in [0.25, 0.3) is 37.3 Å². The Kier molecular flexibility index (Phi) is 4.58. The molecule has 0 saturated heterocycles. The number of fused-ring (bicyclic) bond motifs is 1. The van der Waals surface area contributed by atoms with E-state index in [0.717, 1.165) is 33.1 Å². The number of aryl methyl sites for hydroxylation is 1. The van der Waals surface area contributed by atoms with Gasteiger partial charge in [-0.25, -0.2) is 9.97 Å². The highest BCUT2D eigenvalue weighted by Gasteiger charge is 2.19. The molecule has 4 nitrogen and oxygen atoms in total. The van der Waals surface area contributed by atoms with E-state index in [0.29, 0.717) is 16.2 Å². The third kappa shape index (κ3) is 3.10. The number of para-hydroxylation sites is 1. The Labute approximate surface area is 175 Å². The molecule has 5 aromatic rings. The van der Waals surface area contributed by atoms with E-state index in [4.69, 9.17) is 4.98 Å². The van der Waals surface area contributed by atoms with Crippen molar-refractivity contribution in [1.29, 1.82) is 0 Å². The molecule has 0 radical (unpaired) electrons. The van der Waals surface area contributed by atoms with Gasteiger partial charge in [0.05, 0.1) is 10.6 Å². The summed E-state index contributed by atoms with van der Waals surface area (Å²) in [6, 6.07) is 21.9. The molecule has 0 aliphatic rings. The molecule has 5 rings (SSSR count). The van der Waals surface area contributed by atoms with Gasteiger partial charge in [-0.05, 0) is 29.5 Å². The molecule has 0 saturated carbocycles. The second-order valence-corrected chi connectivity index (χ2v) is 8.52. The van der Waals surface area contributed by atoms with Crippen LogP contribution in [-0.2, 0) is 6.42 Å². The monoisotopic (exact) mass is 415 g/mol. The first-order valence-corrected chi connectivity index (χ1v) is 11.1. The fourth-order valence-corrected chi connectivity index (χ4v) is 5.15. The average Bonchev–Trinajstić information content (AvgIpc) is 3.44. The van der Waals surface area contributed by atoms with Gasteiger partial charge in [-0.3, -0.25) is 9.36 Å². The van der Waals surface area contributed by atoms with Gasteiger partial charge in [-0.2, -0.15) is 0 Å². The van der Waals surface area contributed by atoms with E-state index in [1.807, 2.05) is 66.0 Å². The normalized spacial score (nSPS) is 11.2. The lowest BCUT2D eigenvalue weighted by atomic mass is 10.1. The van der Waals surface area contributed by atoms with Gasteiger partial charge >= 0.3 is 0 Å². The van der Waals surface area contributed by atoms with Crippen molar-refractivity contribution in [3.63, 3.8) is 0 Å². The number of thiazole rings is 1. The molecular formula is C23H17N3OS2. The van der Waals surface area contributed by atoms with Crippen LogP contribution in [0, 0.1) is 0 Å². The second-order valence-electron chi connectivity index (χ2n) is 6.57. The van der Waals surface area contributed by atoms with E-state index in [1.165, 1.54) is 11.3 Å². The Balaban J connectivity index is 1.86. The standard InChI is InChI=1S/C23H17N3OS2/c1-2-15-9-6-7-12-17(15)26-21(16-10-4-3-5-11-16)24-20-19(23(26)27)29-22(25-20)18-13-8-14-28-18/h3-14H,2H2,1H3. The Bertz CT molecular complexity index is 1350.